The maximum atomic E-state index is 4.70. The largest absolute Gasteiger partial charge is 0.371 e. The van der Waals surface area contributed by atoms with Gasteiger partial charge in [0.15, 0.2) is 0 Å². The summed E-state index contributed by atoms with van der Waals surface area (Å²) in [4.78, 5) is 14.5. The van der Waals surface area contributed by atoms with Crippen molar-refractivity contribution in [1.82, 2.24) is 14.9 Å². The monoisotopic (exact) mass is 406 g/mol. The SMILES string of the molecule is Cc1cc(N2CCC3(CCN(C(C)c4ccc5sc(C)nc5c4)C3)C2)cc(C)n1. The highest BCUT2D eigenvalue weighted by Crippen LogP contribution is 2.43. The fourth-order valence-electron chi connectivity index (χ4n) is 5.31. The zero-order chi connectivity index (χ0) is 20.2. The lowest BCUT2D eigenvalue weighted by atomic mass is 9.86. The van der Waals surface area contributed by atoms with E-state index in [4.69, 9.17) is 4.98 Å². The van der Waals surface area contributed by atoms with Crippen LogP contribution in [0.15, 0.2) is 30.3 Å². The topological polar surface area (TPSA) is 32.3 Å². The molecule has 1 aromatic carbocycles. The minimum atomic E-state index is 0.431. The molecule has 29 heavy (non-hydrogen) atoms. The standard InChI is InChI=1S/C24H30N4S/c1-16-11-21(12-17(2)25-16)28-10-8-24(15-28)7-9-27(14-24)18(3)20-5-6-23-22(13-20)26-19(4)29-23/h5-6,11-13,18H,7-10,14-15H2,1-4H3. The van der Waals surface area contributed by atoms with Crippen LogP contribution >= 0.6 is 11.3 Å². The number of aryl methyl sites for hydroxylation is 3. The Bertz CT molecular complexity index is 1040. The molecule has 0 bridgehead atoms. The lowest BCUT2D eigenvalue weighted by Gasteiger charge is -2.29. The van der Waals surface area contributed by atoms with Crippen LogP contribution in [0.1, 0.15) is 47.8 Å². The Morgan fingerprint density at radius 3 is 2.52 bits per heavy atom. The second-order valence-electron chi connectivity index (χ2n) is 9.14. The van der Waals surface area contributed by atoms with E-state index in [0.717, 1.165) is 28.5 Å². The van der Waals surface area contributed by atoms with E-state index in [-0.39, 0.29) is 0 Å². The third-order valence-electron chi connectivity index (χ3n) is 6.89. The number of thiazole rings is 1. The molecule has 3 aromatic rings. The second kappa shape index (κ2) is 7.06. The molecular weight excluding hydrogens is 376 g/mol. The van der Waals surface area contributed by atoms with Gasteiger partial charge >= 0.3 is 0 Å². The van der Waals surface area contributed by atoms with Crippen LogP contribution in [0, 0.1) is 26.2 Å². The summed E-state index contributed by atoms with van der Waals surface area (Å²) in [5.74, 6) is 0. The van der Waals surface area contributed by atoms with Crippen molar-refractivity contribution >= 4 is 27.2 Å². The second-order valence-corrected chi connectivity index (χ2v) is 10.4. The van der Waals surface area contributed by atoms with Gasteiger partial charge in [0.1, 0.15) is 0 Å². The third kappa shape index (κ3) is 3.55. The maximum Gasteiger partial charge on any atom is 0.0907 e. The molecule has 2 atom stereocenters. The van der Waals surface area contributed by atoms with Crippen molar-refractivity contribution in [2.75, 3.05) is 31.1 Å². The first-order valence-corrected chi connectivity index (χ1v) is 11.5. The van der Waals surface area contributed by atoms with Crippen molar-refractivity contribution in [1.29, 1.82) is 0 Å². The molecule has 2 aliphatic rings. The van der Waals surface area contributed by atoms with E-state index >= 15 is 0 Å². The molecule has 0 N–H and O–H groups in total. The number of hydrogen-bond acceptors (Lipinski definition) is 5. The fraction of sp³-hybridized carbons (Fsp3) is 0.500. The summed E-state index contributed by atoms with van der Waals surface area (Å²) >= 11 is 1.79. The quantitative estimate of drug-likeness (QED) is 0.592. The van der Waals surface area contributed by atoms with Gasteiger partial charge in [-0.25, -0.2) is 4.98 Å². The molecule has 4 heterocycles. The van der Waals surface area contributed by atoms with Crippen molar-refractivity contribution < 1.29 is 0 Å². The summed E-state index contributed by atoms with van der Waals surface area (Å²) < 4.78 is 1.30. The molecule has 0 aliphatic carbocycles. The van der Waals surface area contributed by atoms with Crippen LogP contribution in [0.2, 0.25) is 0 Å². The average molecular weight is 407 g/mol. The first-order chi connectivity index (χ1) is 13.9. The molecule has 2 saturated heterocycles. The fourth-order valence-corrected chi connectivity index (χ4v) is 6.12. The van der Waals surface area contributed by atoms with Crippen LogP contribution in [0.4, 0.5) is 5.69 Å². The van der Waals surface area contributed by atoms with Crippen molar-refractivity contribution in [3.63, 3.8) is 0 Å². The van der Waals surface area contributed by atoms with Gasteiger partial charge in [-0.1, -0.05) is 6.07 Å². The van der Waals surface area contributed by atoms with Gasteiger partial charge in [-0.3, -0.25) is 9.88 Å². The van der Waals surface area contributed by atoms with Crippen molar-refractivity contribution in [2.45, 2.75) is 46.6 Å². The minimum absolute atomic E-state index is 0.431. The van der Waals surface area contributed by atoms with Gasteiger partial charge < -0.3 is 4.90 Å². The molecule has 0 saturated carbocycles. The van der Waals surface area contributed by atoms with Gasteiger partial charge in [0.05, 0.1) is 15.2 Å². The Balaban J connectivity index is 1.31. The summed E-state index contributed by atoms with van der Waals surface area (Å²) in [6.45, 7) is 13.4. The van der Waals surface area contributed by atoms with E-state index in [2.05, 4.69) is 72.8 Å². The van der Waals surface area contributed by atoms with E-state index < -0.39 is 0 Å². The van der Waals surface area contributed by atoms with Gasteiger partial charge in [0, 0.05) is 48.2 Å². The molecule has 2 fully saturated rings. The molecule has 5 heteroatoms. The normalized spacial score (nSPS) is 23.5. The molecule has 2 aromatic heterocycles. The Hall–Kier alpha value is -1.98. The number of anilines is 1. The molecule has 0 amide bonds. The summed E-state index contributed by atoms with van der Waals surface area (Å²) in [7, 11) is 0. The van der Waals surface area contributed by atoms with Gasteiger partial charge in [-0.15, -0.1) is 11.3 Å². The maximum absolute atomic E-state index is 4.70. The average Bonchev–Trinajstić information content (AvgIpc) is 3.38. The number of pyridine rings is 1. The van der Waals surface area contributed by atoms with E-state index in [1.807, 2.05) is 0 Å². The molecule has 0 radical (unpaired) electrons. The predicted molar refractivity (Wildman–Crippen MR) is 122 cm³/mol. The third-order valence-corrected chi connectivity index (χ3v) is 7.84. The van der Waals surface area contributed by atoms with Crippen molar-refractivity contribution in [3.05, 3.63) is 52.3 Å². The zero-order valence-electron chi connectivity index (χ0n) is 17.9. The summed E-state index contributed by atoms with van der Waals surface area (Å²) in [5.41, 5.74) is 6.57. The van der Waals surface area contributed by atoms with Crippen LogP contribution in [0.3, 0.4) is 0 Å². The number of benzene rings is 1. The van der Waals surface area contributed by atoms with Crippen molar-refractivity contribution in [2.24, 2.45) is 5.41 Å². The predicted octanol–water partition coefficient (Wildman–Crippen LogP) is 5.28. The van der Waals surface area contributed by atoms with Crippen LogP contribution in [0.25, 0.3) is 10.2 Å². The van der Waals surface area contributed by atoms with Crippen LogP contribution in [-0.4, -0.2) is 41.0 Å². The highest BCUT2D eigenvalue weighted by molar-refractivity contribution is 7.18. The first kappa shape index (κ1) is 19.0. The van der Waals surface area contributed by atoms with E-state index in [9.17, 15) is 0 Å². The highest BCUT2D eigenvalue weighted by Gasteiger charge is 2.44. The van der Waals surface area contributed by atoms with Crippen LogP contribution in [-0.2, 0) is 0 Å². The lowest BCUT2D eigenvalue weighted by Crippen LogP contribution is -2.32. The zero-order valence-corrected chi connectivity index (χ0v) is 18.7. The molecule has 5 rings (SSSR count). The molecule has 4 nitrogen and oxygen atoms in total. The Labute approximate surface area is 177 Å². The summed E-state index contributed by atoms with van der Waals surface area (Å²) in [6.07, 6.45) is 2.59. The molecule has 1 spiro atoms. The molecule has 152 valence electrons. The van der Waals surface area contributed by atoms with Crippen LogP contribution in [0.5, 0.6) is 0 Å². The number of rotatable bonds is 3. The van der Waals surface area contributed by atoms with Crippen molar-refractivity contribution in [3.8, 4) is 0 Å². The minimum Gasteiger partial charge on any atom is -0.371 e. The molecule has 2 unspecified atom stereocenters. The molecule has 2 aliphatic heterocycles. The number of nitrogens with zero attached hydrogens (tertiary/aromatic N) is 4. The van der Waals surface area contributed by atoms with Gasteiger partial charge in [-0.2, -0.15) is 0 Å². The van der Waals surface area contributed by atoms with Gasteiger partial charge in [-0.05, 0) is 76.9 Å². The highest BCUT2D eigenvalue weighted by atomic mass is 32.1. The number of hydrogen-bond donors (Lipinski definition) is 0. The van der Waals surface area contributed by atoms with E-state index in [1.54, 1.807) is 11.3 Å². The van der Waals surface area contributed by atoms with Crippen LogP contribution < -0.4 is 4.90 Å². The van der Waals surface area contributed by atoms with E-state index in [0.29, 0.717) is 11.5 Å². The smallest absolute Gasteiger partial charge is 0.0907 e. The Kier molecular flexibility index (Phi) is 4.63. The first-order valence-electron chi connectivity index (χ1n) is 10.7. The Morgan fingerprint density at radius 2 is 1.72 bits per heavy atom. The van der Waals surface area contributed by atoms with E-state index in [1.165, 1.54) is 48.4 Å². The lowest BCUT2D eigenvalue weighted by molar-refractivity contribution is 0.225. The van der Waals surface area contributed by atoms with Gasteiger partial charge in [0.25, 0.3) is 0 Å². The summed E-state index contributed by atoms with van der Waals surface area (Å²) in [6, 6.07) is 11.8. The number of likely N-dealkylation sites (tertiary alicyclic amines) is 1. The molecular formula is C24H30N4S. The Morgan fingerprint density at radius 1 is 0.966 bits per heavy atom. The number of fused-ring (bicyclic) bond motifs is 1. The summed E-state index contributed by atoms with van der Waals surface area (Å²) in [5, 5.41) is 1.15. The van der Waals surface area contributed by atoms with Gasteiger partial charge in [0.2, 0.25) is 0 Å². The number of aromatic nitrogens is 2.